The van der Waals surface area contributed by atoms with E-state index in [4.69, 9.17) is 4.74 Å². The molecule has 0 spiro atoms. The van der Waals surface area contributed by atoms with E-state index in [9.17, 15) is 4.79 Å². The number of rotatable bonds is 5. The molecule has 2 aliphatic rings. The van der Waals surface area contributed by atoms with Gasteiger partial charge in [-0.25, -0.2) is 4.68 Å². The van der Waals surface area contributed by atoms with Gasteiger partial charge in [-0.15, -0.1) is 5.10 Å². The Morgan fingerprint density at radius 1 is 1.28 bits per heavy atom. The maximum atomic E-state index is 13.1. The van der Waals surface area contributed by atoms with Crippen molar-refractivity contribution in [1.82, 2.24) is 25.2 Å². The Hall–Kier alpha value is -2.58. The molecule has 29 heavy (non-hydrogen) atoms. The van der Waals surface area contributed by atoms with E-state index in [0.29, 0.717) is 6.54 Å². The third kappa shape index (κ3) is 3.58. The number of aromatic amines is 1. The van der Waals surface area contributed by atoms with Crippen molar-refractivity contribution in [3.05, 3.63) is 51.6 Å². The number of benzene rings is 1. The third-order valence-corrected chi connectivity index (χ3v) is 6.21. The van der Waals surface area contributed by atoms with Crippen molar-refractivity contribution in [2.45, 2.75) is 51.3 Å². The number of fused-ring (bicyclic) bond motifs is 1. The number of tetrazole rings is 1. The highest BCUT2D eigenvalue weighted by Crippen LogP contribution is 2.21. The Balaban J connectivity index is 1.60. The first-order valence-electron chi connectivity index (χ1n) is 10.5. The first-order valence-corrected chi connectivity index (χ1v) is 10.5. The van der Waals surface area contributed by atoms with Gasteiger partial charge >= 0.3 is 0 Å². The largest absolute Gasteiger partial charge is 0.376 e. The van der Waals surface area contributed by atoms with Crippen LogP contribution in [0.5, 0.6) is 0 Å². The van der Waals surface area contributed by atoms with Crippen LogP contribution in [0.25, 0.3) is 10.9 Å². The van der Waals surface area contributed by atoms with E-state index >= 15 is 0 Å². The van der Waals surface area contributed by atoms with E-state index in [1.807, 2.05) is 22.9 Å². The normalized spacial score (nSPS) is 21.2. The summed E-state index contributed by atoms with van der Waals surface area (Å²) >= 11 is 0. The van der Waals surface area contributed by atoms with Crippen LogP contribution >= 0.6 is 0 Å². The van der Waals surface area contributed by atoms with Gasteiger partial charge in [-0.05, 0) is 53.8 Å². The van der Waals surface area contributed by atoms with Gasteiger partial charge in [0.1, 0.15) is 0 Å². The lowest BCUT2D eigenvalue weighted by Gasteiger charge is -2.24. The minimum absolute atomic E-state index is 0.0579. The number of aryl methyl sites for hydroxylation is 1. The molecule has 0 amide bonds. The zero-order valence-electron chi connectivity index (χ0n) is 16.7. The fourth-order valence-electron chi connectivity index (χ4n) is 4.75. The highest BCUT2D eigenvalue weighted by Gasteiger charge is 2.36. The highest BCUT2D eigenvalue weighted by atomic mass is 16.5. The minimum atomic E-state index is -0.178. The second-order valence-electron chi connectivity index (χ2n) is 8.30. The fraction of sp³-hybridized carbons (Fsp3) is 0.524. The van der Waals surface area contributed by atoms with Crippen molar-refractivity contribution in [3.8, 4) is 0 Å². The van der Waals surface area contributed by atoms with Crippen LogP contribution in [-0.2, 0) is 11.3 Å². The van der Waals surface area contributed by atoms with Crippen LogP contribution in [0, 0.1) is 6.92 Å². The Kier molecular flexibility index (Phi) is 4.89. The van der Waals surface area contributed by atoms with Crippen LogP contribution in [0.1, 0.15) is 48.7 Å². The molecule has 0 bridgehead atoms. The summed E-state index contributed by atoms with van der Waals surface area (Å²) in [6.45, 7) is 5.53. The molecule has 4 heterocycles. The lowest BCUT2D eigenvalue weighted by molar-refractivity contribution is -0.914. The van der Waals surface area contributed by atoms with E-state index in [-0.39, 0.29) is 17.7 Å². The van der Waals surface area contributed by atoms with Crippen molar-refractivity contribution in [2.75, 3.05) is 19.7 Å². The monoisotopic (exact) mass is 395 g/mol. The Bertz CT molecular complexity index is 1060. The SMILES string of the molecule is Cc1ccc2[nH]c(=O)c([C@H](c3nnnn3C[C@H]3CCCO3)[NH+]3CCCC3)cc2c1. The van der Waals surface area contributed by atoms with Crippen molar-refractivity contribution < 1.29 is 9.64 Å². The topological polar surface area (TPSA) is 90.1 Å². The van der Waals surface area contributed by atoms with Crippen LogP contribution in [-0.4, -0.2) is 51.0 Å². The summed E-state index contributed by atoms with van der Waals surface area (Å²) < 4.78 is 7.65. The lowest BCUT2D eigenvalue weighted by Crippen LogP contribution is -3.10. The quantitative estimate of drug-likeness (QED) is 0.666. The molecule has 0 aliphatic carbocycles. The smallest absolute Gasteiger partial charge is 0.258 e. The van der Waals surface area contributed by atoms with Crippen molar-refractivity contribution in [2.24, 2.45) is 0 Å². The molecule has 152 valence electrons. The number of hydrogen-bond acceptors (Lipinski definition) is 5. The van der Waals surface area contributed by atoms with E-state index in [2.05, 4.69) is 33.5 Å². The van der Waals surface area contributed by atoms with Crippen LogP contribution in [0.15, 0.2) is 29.1 Å². The molecule has 2 N–H and O–H groups in total. The van der Waals surface area contributed by atoms with Crippen LogP contribution in [0.3, 0.4) is 0 Å². The molecule has 0 unspecified atom stereocenters. The zero-order valence-corrected chi connectivity index (χ0v) is 16.7. The van der Waals surface area contributed by atoms with Gasteiger partial charge in [0, 0.05) is 25.0 Å². The van der Waals surface area contributed by atoms with Gasteiger partial charge in [0.25, 0.3) is 5.56 Å². The number of nitrogens with one attached hydrogen (secondary N) is 2. The van der Waals surface area contributed by atoms with E-state index in [0.717, 1.165) is 67.7 Å². The number of H-pyrrole nitrogens is 1. The zero-order chi connectivity index (χ0) is 19.8. The Labute approximate surface area is 168 Å². The van der Waals surface area contributed by atoms with Gasteiger partial charge in [-0.2, -0.15) is 0 Å². The fourth-order valence-corrected chi connectivity index (χ4v) is 4.75. The molecule has 5 rings (SSSR count). The molecular weight excluding hydrogens is 368 g/mol. The molecule has 2 aliphatic heterocycles. The maximum absolute atomic E-state index is 13.1. The van der Waals surface area contributed by atoms with Gasteiger partial charge in [-0.1, -0.05) is 11.6 Å². The molecule has 2 aromatic heterocycles. The number of ether oxygens (including phenoxy) is 1. The van der Waals surface area contributed by atoms with Crippen molar-refractivity contribution in [1.29, 1.82) is 0 Å². The van der Waals surface area contributed by atoms with E-state index in [1.165, 1.54) is 10.5 Å². The molecule has 2 saturated heterocycles. The van der Waals surface area contributed by atoms with Crippen LogP contribution in [0.4, 0.5) is 0 Å². The molecule has 1 aromatic carbocycles. The summed E-state index contributed by atoms with van der Waals surface area (Å²) in [5.41, 5.74) is 2.71. The van der Waals surface area contributed by atoms with Gasteiger partial charge in [0.2, 0.25) is 5.82 Å². The standard InChI is InChI=1S/C21H26N6O2/c1-14-6-7-18-15(11-14)12-17(21(28)22-18)19(26-8-2-3-9-26)20-23-24-25-27(20)13-16-5-4-10-29-16/h6-7,11-12,16,19H,2-5,8-10,13H2,1H3,(H,22,28)/p+1/t16-,19-/m1/s1. The number of nitrogens with zero attached hydrogens (tertiary/aromatic N) is 4. The van der Waals surface area contributed by atoms with Crippen LogP contribution in [0.2, 0.25) is 0 Å². The average Bonchev–Trinajstić information content (AvgIpc) is 3.47. The van der Waals surface area contributed by atoms with Gasteiger partial charge in [0.15, 0.2) is 6.04 Å². The summed E-state index contributed by atoms with van der Waals surface area (Å²) in [6, 6.07) is 7.95. The lowest BCUT2D eigenvalue weighted by atomic mass is 10.0. The summed E-state index contributed by atoms with van der Waals surface area (Å²) in [7, 11) is 0. The van der Waals surface area contributed by atoms with Gasteiger partial charge in [0.05, 0.1) is 31.3 Å². The predicted molar refractivity (Wildman–Crippen MR) is 108 cm³/mol. The number of aromatic nitrogens is 5. The second kappa shape index (κ2) is 7.68. The van der Waals surface area contributed by atoms with Gasteiger partial charge in [-0.3, -0.25) is 4.79 Å². The minimum Gasteiger partial charge on any atom is -0.376 e. The summed E-state index contributed by atoms with van der Waals surface area (Å²) in [5, 5.41) is 13.7. The molecule has 8 heteroatoms. The van der Waals surface area contributed by atoms with E-state index in [1.54, 1.807) is 0 Å². The first-order chi connectivity index (χ1) is 14.2. The third-order valence-electron chi connectivity index (χ3n) is 6.21. The predicted octanol–water partition coefficient (Wildman–Crippen LogP) is 0.770. The second-order valence-corrected chi connectivity index (χ2v) is 8.30. The number of pyridine rings is 1. The van der Waals surface area contributed by atoms with Crippen molar-refractivity contribution >= 4 is 10.9 Å². The molecule has 0 radical (unpaired) electrons. The first kappa shape index (κ1) is 18.4. The molecule has 3 aromatic rings. The summed E-state index contributed by atoms with van der Waals surface area (Å²) in [6.07, 6.45) is 4.56. The summed E-state index contributed by atoms with van der Waals surface area (Å²) in [4.78, 5) is 17.5. The Morgan fingerprint density at radius 3 is 2.93 bits per heavy atom. The van der Waals surface area contributed by atoms with Crippen molar-refractivity contribution in [3.63, 3.8) is 0 Å². The number of likely N-dealkylation sites (tertiary alicyclic amines) is 1. The molecular formula is C21H27N6O2+. The average molecular weight is 395 g/mol. The number of quaternary nitrogens is 1. The molecule has 0 saturated carbocycles. The maximum Gasteiger partial charge on any atom is 0.258 e. The van der Waals surface area contributed by atoms with E-state index < -0.39 is 0 Å². The Morgan fingerprint density at radius 2 is 2.14 bits per heavy atom. The van der Waals surface area contributed by atoms with Gasteiger partial charge < -0.3 is 14.6 Å². The molecule has 8 nitrogen and oxygen atoms in total. The molecule has 2 atom stereocenters. The highest BCUT2D eigenvalue weighted by molar-refractivity contribution is 5.79. The molecule has 2 fully saturated rings. The summed E-state index contributed by atoms with van der Waals surface area (Å²) in [5.74, 6) is 0.759. The number of hydrogen-bond donors (Lipinski definition) is 2. The van der Waals surface area contributed by atoms with Crippen LogP contribution < -0.4 is 10.5 Å².